The van der Waals surface area contributed by atoms with Gasteiger partial charge in [-0.05, 0) is 42.9 Å². The molecule has 2 unspecified atom stereocenters. The Morgan fingerprint density at radius 1 is 1.28 bits per heavy atom. The van der Waals surface area contributed by atoms with Crippen LogP contribution in [0.5, 0.6) is 0 Å². The molecular formula is C15H14FNO. The standard InChI is InChI=1S/C15H14FNO/c16-8-4-5-9-12(7-17-13(9)6-8)15(18)14-10-2-1-3-11(10)14/h4-7,10-11,14,17H,1-3H2. The number of carbonyl (C=O) groups is 1. The first-order valence-corrected chi connectivity index (χ1v) is 6.56. The second-order valence-corrected chi connectivity index (χ2v) is 5.54. The molecule has 0 spiro atoms. The van der Waals surface area contributed by atoms with E-state index < -0.39 is 0 Å². The minimum Gasteiger partial charge on any atom is -0.360 e. The van der Waals surface area contributed by atoms with Gasteiger partial charge in [-0.3, -0.25) is 4.79 Å². The van der Waals surface area contributed by atoms with Crippen molar-refractivity contribution in [1.82, 2.24) is 4.98 Å². The summed E-state index contributed by atoms with van der Waals surface area (Å²) in [6.45, 7) is 0. The molecule has 2 aliphatic rings. The zero-order valence-corrected chi connectivity index (χ0v) is 9.95. The van der Waals surface area contributed by atoms with Crippen molar-refractivity contribution in [2.75, 3.05) is 0 Å². The second-order valence-electron chi connectivity index (χ2n) is 5.54. The van der Waals surface area contributed by atoms with Gasteiger partial charge < -0.3 is 4.98 Å². The topological polar surface area (TPSA) is 32.9 Å². The van der Waals surface area contributed by atoms with Gasteiger partial charge in [0, 0.05) is 28.6 Å². The van der Waals surface area contributed by atoms with E-state index in [-0.39, 0.29) is 17.5 Å². The lowest BCUT2D eigenvalue weighted by Crippen LogP contribution is -2.05. The van der Waals surface area contributed by atoms with Gasteiger partial charge in [-0.1, -0.05) is 6.42 Å². The molecule has 2 fully saturated rings. The van der Waals surface area contributed by atoms with Gasteiger partial charge in [0.05, 0.1) is 0 Å². The van der Waals surface area contributed by atoms with Gasteiger partial charge in [0.1, 0.15) is 5.82 Å². The van der Waals surface area contributed by atoms with E-state index in [1.807, 2.05) is 0 Å². The number of aromatic nitrogens is 1. The van der Waals surface area contributed by atoms with Crippen molar-refractivity contribution in [3.63, 3.8) is 0 Å². The normalized spacial score (nSPS) is 29.5. The molecule has 2 atom stereocenters. The molecule has 1 heterocycles. The Hall–Kier alpha value is -1.64. The predicted molar refractivity (Wildman–Crippen MR) is 66.9 cm³/mol. The molecule has 0 aliphatic heterocycles. The summed E-state index contributed by atoms with van der Waals surface area (Å²) in [7, 11) is 0. The van der Waals surface area contributed by atoms with E-state index in [2.05, 4.69) is 4.98 Å². The Labute approximate surface area is 104 Å². The number of hydrogen-bond donors (Lipinski definition) is 1. The molecule has 1 aromatic carbocycles. The van der Waals surface area contributed by atoms with Crippen LogP contribution in [0.4, 0.5) is 4.39 Å². The van der Waals surface area contributed by atoms with Gasteiger partial charge in [0.2, 0.25) is 0 Å². The Morgan fingerprint density at radius 3 is 2.83 bits per heavy atom. The van der Waals surface area contributed by atoms with Crippen molar-refractivity contribution in [2.24, 2.45) is 17.8 Å². The third-order valence-electron chi connectivity index (χ3n) is 4.62. The molecule has 2 saturated carbocycles. The van der Waals surface area contributed by atoms with E-state index in [1.165, 1.54) is 31.4 Å². The van der Waals surface area contributed by atoms with Gasteiger partial charge in [-0.15, -0.1) is 0 Å². The van der Waals surface area contributed by atoms with Crippen molar-refractivity contribution in [2.45, 2.75) is 19.3 Å². The number of nitrogens with one attached hydrogen (secondary N) is 1. The zero-order valence-electron chi connectivity index (χ0n) is 9.95. The summed E-state index contributed by atoms with van der Waals surface area (Å²) in [5.74, 6) is 1.47. The molecule has 2 aliphatic carbocycles. The Morgan fingerprint density at radius 2 is 2.06 bits per heavy atom. The molecule has 4 rings (SSSR count). The largest absolute Gasteiger partial charge is 0.360 e. The number of ketones is 1. The first kappa shape index (κ1) is 10.3. The van der Waals surface area contributed by atoms with Gasteiger partial charge in [-0.2, -0.15) is 0 Å². The lowest BCUT2D eigenvalue weighted by molar-refractivity contribution is 0.0953. The van der Waals surface area contributed by atoms with Crippen LogP contribution in [0.15, 0.2) is 24.4 Å². The summed E-state index contributed by atoms with van der Waals surface area (Å²) in [5.41, 5.74) is 1.45. The van der Waals surface area contributed by atoms with Crippen LogP contribution in [-0.2, 0) is 0 Å². The second kappa shape index (κ2) is 3.44. The van der Waals surface area contributed by atoms with E-state index in [4.69, 9.17) is 0 Å². The number of H-pyrrole nitrogens is 1. The fourth-order valence-corrected chi connectivity index (χ4v) is 3.69. The number of halogens is 1. The summed E-state index contributed by atoms with van der Waals surface area (Å²) in [4.78, 5) is 15.5. The molecule has 18 heavy (non-hydrogen) atoms. The van der Waals surface area contributed by atoms with Crippen molar-refractivity contribution in [1.29, 1.82) is 0 Å². The summed E-state index contributed by atoms with van der Waals surface area (Å²) in [6.07, 6.45) is 5.43. The number of aromatic amines is 1. The van der Waals surface area contributed by atoms with Gasteiger partial charge in [-0.25, -0.2) is 4.39 Å². The van der Waals surface area contributed by atoms with Crippen molar-refractivity contribution in [3.8, 4) is 0 Å². The maximum Gasteiger partial charge on any atom is 0.168 e. The molecule has 1 aromatic heterocycles. The average Bonchev–Trinajstić information content (AvgIpc) is 2.77. The Bertz CT molecular complexity index is 635. The number of rotatable bonds is 2. The van der Waals surface area contributed by atoms with Crippen LogP contribution >= 0.6 is 0 Å². The van der Waals surface area contributed by atoms with E-state index in [1.54, 1.807) is 12.3 Å². The number of fused-ring (bicyclic) bond motifs is 2. The number of carbonyl (C=O) groups excluding carboxylic acids is 1. The van der Waals surface area contributed by atoms with Crippen molar-refractivity contribution < 1.29 is 9.18 Å². The third kappa shape index (κ3) is 1.30. The first-order valence-electron chi connectivity index (χ1n) is 6.56. The fraction of sp³-hybridized carbons (Fsp3) is 0.400. The SMILES string of the molecule is O=C(c1c[nH]c2cc(F)ccc12)C1C2CCCC21. The maximum absolute atomic E-state index is 13.1. The monoisotopic (exact) mass is 243 g/mol. The van der Waals surface area contributed by atoms with Crippen LogP contribution in [-0.4, -0.2) is 10.8 Å². The minimum absolute atomic E-state index is 0.239. The van der Waals surface area contributed by atoms with Crippen LogP contribution in [0.1, 0.15) is 29.6 Å². The predicted octanol–water partition coefficient (Wildman–Crippen LogP) is 3.54. The highest BCUT2D eigenvalue weighted by atomic mass is 19.1. The summed E-state index contributed by atoms with van der Waals surface area (Å²) < 4.78 is 13.1. The van der Waals surface area contributed by atoms with Crippen LogP contribution < -0.4 is 0 Å². The molecule has 3 heteroatoms. The number of Topliss-reactive ketones (excluding diaryl/α,β-unsaturated/α-hetero) is 1. The van der Waals surface area contributed by atoms with Crippen molar-refractivity contribution >= 4 is 16.7 Å². The molecule has 0 amide bonds. The third-order valence-corrected chi connectivity index (χ3v) is 4.62. The lowest BCUT2D eigenvalue weighted by atomic mass is 10.0. The maximum atomic E-state index is 13.1. The van der Waals surface area contributed by atoms with Gasteiger partial charge >= 0.3 is 0 Å². The highest BCUT2D eigenvalue weighted by Crippen LogP contribution is 2.58. The van der Waals surface area contributed by atoms with Crippen molar-refractivity contribution in [3.05, 3.63) is 35.8 Å². The quantitative estimate of drug-likeness (QED) is 0.804. The molecule has 1 N–H and O–H groups in total. The van der Waals surface area contributed by atoms with Crippen LogP contribution in [0.3, 0.4) is 0 Å². The number of hydrogen-bond acceptors (Lipinski definition) is 1. The van der Waals surface area contributed by atoms with Crippen LogP contribution in [0.25, 0.3) is 10.9 Å². The molecular weight excluding hydrogens is 229 g/mol. The molecule has 0 bridgehead atoms. The summed E-state index contributed by atoms with van der Waals surface area (Å²) in [5, 5.41) is 0.853. The molecule has 2 aromatic rings. The smallest absolute Gasteiger partial charge is 0.168 e. The average molecular weight is 243 g/mol. The van der Waals surface area contributed by atoms with E-state index in [9.17, 15) is 9.18 Å². The summed E-state index contributed by atoms with van der Waals surface area (Å²) >= 11 is 0. The zero-order chi connectivity index (χ0) is 12.3. The molecule has 2 nitrogen and oxygen atoms in total. The Kier molecular flexibility index (Phi) is 1.97. The molecule has 0 radical (unpaired) electrons. The van der Waals surface area contributed by atoms with Gasteiger partial charge in [0.15, 0.2) is 5.78 Å². The first-order chi connectivity index (χ1) is 8.75. The van der Waals surface area contributed by atoms with E-state index >= 15 is 0 Å². The molecule has 92 valence electrons. The van der Waals surface area contributed by atoms with E-state index in [0.717, 1.165) is 10.9 Å². The van der Waals surface area contributed by atoms with E-state index in [0.29, 0.717) is 17.4 Å². The summed E-state index contributed by atoms with van der Waals surface area (Å²) in [6, 6.07) is 4.56. The highest BCUT2D eigenvalue weighted by Gasteiger charge is 2.56. The minimum atomic E-state index is -0.272. The molecule has 0 saturated heterocycles. The fourth-order valence-electron chi connectivity index (χ4n) is 3.69. The lowest BCUT2D eigenvalue weighted by Gasteiger charge is -2.01. The van der Waals surface area contributed by atoms with Crippen LogP contribution in [0, 0.1) is 23.6 Å². The van der Waals surface area contributed by atoms with Crippen LogP contribution in [0.2, 0.25) is 0 Å². The highest BCUT2D eigenvalue weighted by molar-refractivity contribution is 6.10. The Balaban J connectivity index is 1.72. The van der Waals surface area contributed by atoms with Gasteiger partial charge in [0.25, 0.3) is 0 Å². The number of benzene rings is 1.